The Labute approximate surface area is 145 Å². The summed E-state index contributed by atoms with van der Waals surface area (Å²) in [6.45, 7) is 6.69. The Morgan fingerprint density at radius 2 is 1.92 bits per heavy atom. The number of aromatic amines is 1. The van der Waals surface area contributed by atoms with Gasteiger partial charge in [-0.25, -0.2) is 4.68 Å². The Morgan fingerprint density at radius 3 is 2.54 bits per heavy atom. The van der Waals surface area contributed by atoms with E-state index in [-0.39, 0.29) is 11.1 Å². The van der Waals surface area contributed by atoms with Crippen molar-refractivity contribution in [3.8, 4) is 0 Å². The molecule has 2 heterocycles. The van der Waals surface area contributed by atoms with Crippen molar-refractivity contribution in [2.45, 2.75) is 32.9 Å². The molecule has 0 aliphatic carbocycles. The molecule has 0 aliphatic heterocycles. The van der Waals surface area contributed by atoms with E-state index in [0.717, 1.165) is 5.56 Å². The van der Waals surface area contributed by atoms with Crippen LogP contribution in [0.2, 0.25) is 5.02 Å². The minimum atomic E-state index is -0.255. The van der Waals surface area contributed by atoms with Crippen LogP contribution < -0.4 is 10.5 Å². The first-order chi connectivity index (χ1) is 11.3. The molecule has 3 aromatic rings. The van der Waals surface area contributed by atoms with E-state index < -0.39 is 0 Å². The molecule has 0 saturated heterocycles. The van der Waals surface area contributed by atoms with E-state index in [1.807, 2.05) is 57.0 Å². The number of hydrogen-bond acceptors (Lipinski definition) is 4. The molecule has 0 atom stereocenters. The highest BCUT2D eigenvalue weighted by atomic mass is 35.5. The first-order valence-corrected chi connectivity index (χ1v) is 8.07. The number of H-pyrrole nitrogens is 1. The maximum atomic E-state index is 12.3. The molecule has 0 fully saturated rings. The van der Waals surface area contributed by atoms with Crippen LogP contribution in [0.4, 0.5) is 5.95 Å². The lowest BCUT2D eigenvalue weighted by Gasteiger charge is -2.21. The lowest BCUT2D eigenvalue weighted by Crippen LogP contribution is -2.26. The first-order valence-electron chi connectivity index (χ1n) is 7.70. The topological polar surface area (TPSA) is 66.8 Å². The van der Waals surface area contributed by atoms with Crippen molar-refractivity contribution in [3.05, 3.63) is 51.4 Å². The maximum absolute atomic E-state index is 12.3. The third-order valence-corrected chi connectivity index (χ3v) is 4.01. The molecule has 0 spiro atoms. The molecule has 0 saturated carbocycles. The summed E-state index contributed by atoms with van der Waals surface area (Å²) in [7, 11) is 1.89. The summed E-state index contributed by atoms with van der Waals surface area (Å²) in [5.41, 5.74) is 1.22. The molecule has 0 radical (unpaired) electrons. The van der Waals surface area contributed by atoms with Crippen LogP contribution in [0.5, 0.6) is 0 Å². The molecule has 0 unspecified atom stereocenters. The van der Waals surface area contributed by atoms with E-state index in [4.69, 9.17) is 11.6 Å². The Hall–Kier alpha value is -2.34. The van der Waals surface area contributed by atoms with E-state index >= 15 is 0 Å². The predicted molar refractivity (Wildman–Crippen MR) is 96.7 cm³/mol. The standard InChI is InChI=1S/C17H20ClN5O/c1-17(2,3)23-14-13(9-19-23)15(24)21-16(20-14)22(4)10-11-5-7-12(18)8-6-11/h5-9H,10H2,1-4H3,(H,20,21,24). The van der Waals surface area contributed by atoms with Crippen LogP contribution in [0, 0.1) is 0 Å². The van der Waals surface area contributed by atoms with Crippen molar-refractivity contribution < 1.29 is 0 Å². The summed E-state index contributed by atoms with van der Waals surface area (Å²) < 4.78 is 1.78. The van der Waals surface area contributed by atoms with Gasteiger partial charge < -0.3 is 4.90 Å². The molecule has 1 N–H and O–H groups in total. The molecule has 3 rings (SSSR count). The number of nitrogens with one attached hydrogen (secondary N) is 1. The SMILES string of the molecule is CN(Cc1ccc(Cl)cc1)c1nc2c(cnn2C(C)(C)C)c(=O)[nH]1. The molecule has 0 aliphatic rings. The summed E-state index contributed by atoms with van der Waals surface area (Å²) in [4.78, 5) is 21.7. The van der Waals surface area contributed by atoms with Crippen molar-refractivity contribution in [3.63, 3.8) is 0 Å². The summed E-state index contributed by atoms with van der Waals surface area (Å²) in [5.74, 6) is 0.508. The zero-order valence-corrected chi connectivity index (χ0v) is 14.9. The van der Waals surface area contributed by atoms with Gasteiger partial charge in [0.05, 0.1) is 11.7 Å². The van der Waals surface area contributed by atoms with Crippen LogP contribution in [0.3, 0.4) is 0 Å². The lowest BCUT2D eigenvalue weighted by atomic mass is 10.1. The van der Waals surface area contributed by atoms with Gasteiger partial charge in [0.2, 0.25) is 5.95 Å². The summed E-state index contributed by atoms with van der Waals surface area (Å²) >= 11 is 5.92. The number of aromatic nitrogens is 4. The van der Waals surface area contributed by atoms with E-state index in [9.17, 15) is 4.79 Å². The quantitative estimate of drug-likeness (QED) is 0.791. The molecular weight excluding hydrogens is 326 g/mol. The van der Waals surface area contributed by atoms with Gasteiger partial charge in [0.15, 0.2) is 5.65 Å². The van der Waals surface area contributed by atoms with Gasteiger partial charge in [-0.05, 0) is 38.5 Å². The summed E-state index contributed by atoms with van der Waals surface area (Å²) in [6.07, 6.45) is 1.56. The number of halogens is 1. The number of rotatable bonds is 3. The second-order valence-corrected chi connectivity index (χ2v) is 7.27. The molecular formula is C17H20ClN5O. The number of nitrogens with zero attached hydrogens (tertiary/aromatic N) is 4. The van der Waals surface area contributed by atoms with Crippen LogP contribution >= 0.6 is 11.6 Å². The third-order valence-electron chi connectivity index (χ3n) is 3.76. The van der Waals surface area contributed by atoms with Crippen LogP contribution in [0.1, 0.15) is 26.3 Å². The predicted octanol–water partition coefficient (Wildman–Crippen LogP) is 3.16. The van der Waals surface area contributed by atoms with Gasteiger partial charge in [-0.1, -0.05) is 23.7 Å². The highest BCUT2D eigenvalue weighted by Crippen LogP contribution is 2.20. The lowest BCUT2D eigenvalue weighted by molar-refractivity contribution is 0.366. The van der Waals surface area contributed by atoms with Crippen LogP contribution in [-0.4, -0.2) is 26.8 Å². The second-order valence-electron chi connectivity index (χ2n) is 6.84. The molecule has 1 aromatic carbocycles. The van der Waals surface area contributed by atoms with Crippen molar-refractivity contribution >= 4 is 28.6 Å². The Morgan fingerprint density at radius 1 is 1.25 bits per heavy atom. The second kappa shape index (κ2) is 5.94. The Kier molecular flexibility index (Phi) is 4.09. The smallest absolute Gasteiger partial charge is 0.263 e. The molecule has 2 aromatic heterocycles. The van der Waals surface area contributed by atoms with E-state index in [2.05, 4.69) is 15.1 Å². The number of fused-ring (bicyclic) bond motifs is 1. The molecule has 24 heavy (non-hydrogen) atoms. The van der Waals surface area contributed by atoms with Crippen LogP contribution in [-0.2, 0) is 12.1 Å². The van der Waals surface area contributed by atoms with Gasteiger partial charge in [0.1, 0.15) is 5.39 Å². The molecule has 0 bridgehead atoms. The normalized spacial score (nSPS) is 11.9. The van der Waals surface area contributed by atoms with E-state index in [1.54, 1.807) is 10.9 Å². The summed E-state index contributed by atoms with van der Waals surface area (Å²) in [5, 5.41) is 5.51. The summed E-state index contributed by atoms with van der Waals surface area (Å²) in [6, 6.07) is 7.60. The zero-order valence-electron chi connectivity index (χ0n) is 14.2. The van der Waals surface area contributed by atoms with E-state index in [1.165, 1.54) is 0 Å². The minimum Gasteiger partial charge on any atom is -0.341 e. The van der Waals surface area contributed by atoms with Gasteiger partial charge in [-0.2, -0.15) is 10.1 Å². The van der Waals surface area contributed by atoms with Gasteiger partial charge in [-0.15, -0.1) is 0 Å². The first kappa shape index (κ1) is 16.5. The van der Waals surface area contributed by atoms with Gasteiger partial charge in [0.25, 0.3) is 5.56 Å². The van der Waals surface area contributed by atoms with Crippen molar-refractivity contribution in [1.29, 1.82) is 0 Å². The highest BCUT2D eigenvalue weighted by molar-refractivity contribution is 6.30. The average molecular weight is 346 g/mol. The van der Waals surface area contributed by atoms with E-state index in [0.29, 0.717) is 28.5 Å². The van der Waals surface area contributed by atoms with Crippen molar-refractivity contribution in [2.24, 2.45) is 0 Å². The minimum absolute atomic E-state index is 0.187. The Bertz CT molecular complexity index is 921. The fourth-order valence-electron chi connectivity index (χ4n) is 2.52. The molecule has 126 valence electrons. The number of benzene rings is 1. The zero-order chi connectivity index (χ0) is 17.5. The van der Waals surface area contributed by atoms with Gasteiger partial charge >= 0.3 is 0 Å². The number of anilines is 1. The van der Waals surface area contributed by atoms with Gasteiger partial charge in [-0.3, -0.25) is 9.78 Å². The third kappa shape index (κ3) is 3.14. The fourth-order valence-corrected chi connectivity index (χ4v) is 2.64. The average Bonchev–Trinajstić information content (AvgIpc) is 2.94. The number of hydrogen-bond donors (Lipinski definition) is 1. The van der Waals surface area contributed by atoms with Gasteiger partial charge in [0, 0.05) is 18.6 Å². The molecule has 0 amide bonds. The van der Waals surface area contributed by atoms with Crippen molar-refractivity contribution in [2.75, 3.05) is 11.9 Å². The monoisotopic (exact) mass is 345 g/mol. The molecule has 6 nitrogen and oxygen atoms in total. The van der Waals surface area contributed by atoms with Crippen molar-refractivity contribution in [1.82, 2.24) is 19.7 Å². The largest absolute Gasteiger partial charge is 0.341 e. The Balaban J connectivity index is 1.99. The molecule has 7 heteroatoms. The highest BCUT2D eigenvalue weighted by Gasteiger charge is 2.20. The maximum Gasteiger partial charge on any atom is 0.263 e. The van der Waals surface area contributed by atoms with Crippen LogP contribution in [0.25, 0.3) is 11.0 Å². The van der Waals surface area contributed by atoms with Crippen LogP contribution in [0.15, 0.2) is 35.3 Å². The fraction of sp³-hybridized carbons (Fsp3) is 0.353.